The Morgan fingerprint density at radius 3 is 2.40 bits per heavy atom. The Morgan fingerprint density at radius 1 is 1.80 bits per heavy atom. The topological polar surface area (TPSA) is 0 Å². The summed E-state index contributed by atoms with van der Waals surface area (Å²) in [6.07, 6.45) is 0. The summed E-state index contributed by atoms with van der Waals surface area (Å²) in [5, 5.41) is 0. The number of hydrogen-bond acceptors (Lipinski definition) is 0. The summed E-state index contributed by atoms with van der Waals surface area (Å²) >= 11 is -0.253. The van der Waals surface area contributed by atoms with Crippen LogP contribution in [0.2, 0.25) is 7.86 Å². The van der Waals surface area contributed by atoms with Gasteiger partial charge in [0.15, 0.2) is 0 Å². The Bertz CT molecular complexity index is 11.1. The first-order valence-corrected chi connectivity index (χ1v) is 9.98. The van der Waals surface area contributed by atoms with Crippen LogP contribution >= 0.6 is 0 Å². The van der Waals surface area contributed by atoms with Crippen LogP contribution in [0.1, 0.15) is 6.92 Å². The van der Waals surface area contributed by atoms with Crippen LogP contribution in [0.5, 0.6) is 0 Å². The van der Waals surface area contributed by atoms with Crippen LogP contribution in [0.15, 0.2) is 0 Å². The molecule has 0 bridgehead atoms. The van der Waals surface area contributed by atoms with E-state index in [4.69, 9.17) is 0 Å². The van der Waals surface area contributed by atoms with Gasteiger partial charge in [0, 0.05) is 0 Å². The van der Waals surface area contributed by atoms with Gasteiger partial charge >= 0.3 is 46.3 Å². The molecule has 0 aliphatic rings. The molecule has 1 radical (unpaired) electrons. The van der Waals surface area contributed by atoms with Gasteiger partial charge in [0.05, 0.1) is 0 Å². The summed E-state index contributed by atoms with van der Waals surface area (Å²) in [5.74, 6) is 0. The molecule has 0 aliphatic carbocycles. The maximum atomic E-state index is 3.77. The Morgan fingerprint density at radius 2 is 2.40 bits per heavy atom. The van der Waals surface area contributed by atoms with Gasteiger partial charge in [-0.1, -0.05) is 0 Å². The molecule has 0 atom stereocenters. The predicted octanol–water partition coefficient (Wildman–Crippen LogP) is 1.76. The first kappa shape index (κ1) is 5.94. The van der Waals surface area contributed by atoms with Gasteiger partial charge in [0.2, 0.25) is 0 Å². The van der Waals surface area contributed by atoms with Gasteiger partial charge < -0.3 is 0 Å². The molecular weight excluding hydrogens is 249 g/mol. The zero-order valence-corrected chi connectivity index (χ0v) is 9.33. The standard InChI is InChI=1S/C2H5.C2H4.Hg/c2*1-2;/h1H2,2H3;1-2H2;. The Labute approximate surface area is 46.4 Å². The van der Waals surface area contributed by atoms with Gasteiger partial charge in [0.25, 0.3) is 0 Å². The van der Waals surface area contributed by atoms with Gasteiger partial charge in [-0.3, -0.25) is 0 Å². The fraction of sp³-hybridized carbons (Fsp3) is 0.750. The second-order valence-corrected chi connectivity index (χ2v) is 10.6. The molecule has 0 aromatic heterocycles. The molecule has 0 spiro atoms. The van der Waals surface area contributed by atoms with E-state index in [9.17, 15) is 0 Å². The van der Waals surface area contributed by atoms with Gasteiger partial charge in [-0.05, 0) is 0 Å². The first-order chi connectivity index (χ1) is 2.41. The quantitative estimate of drug-likeness (QED) is 0.662. The van der Waals surface area contributed by atoms with E-state index >= 15 is 0 Å². The third-order valence-electron chi connectivity index (χ3n) is 0.604. The zero-order valence-electron chi connectivity index (χ0n) is 3.83. The molecule has 0 fully saturated rings. The van der Waals surface area contributed by atoms with E-state index in [-0.39, 0.29) is 24.6 Å². The van der Waals surface area contributed by atoms with Crippen LogP contribution in [0.3, 0.4) is 0 Å². The Hall–Kier alpha value is 0.935. The van der Waals surface area contributed by atoms with Crippen molar-refractivity contribution in [1.82, 2.24) is 0 Å². The van der Waals surface area contributed by atoms with E-state index in [0.29, 0.717) is 0 Å². The third kappa shape index (κ3) is 4.94. The van der Waals surface area contributed by atoms with Crippen LogP contribution in [-0.2, 0) is 24.6 Å². The molecule has 0 aromatic carbocycles. The summed E-state index contributed by atoms with van der Waals surface area (Å²) in [6, 6.07) is 0. The maximum absolute atomic E-state index is 3.77. The Kier molecular flexibility index (Phi) is 5.86. The molecular formula is C4H9Hg. The molecule has 5 heavy (non-hydrogen) atoms. The molecule has 0 rings (SSSR count). The van der Waals surface area contributed by atoms with Gasteiger partial charge in [0.1, 0.15) is 0 Å². The molecule has 0 amide bonds. The van der Waals surface area contributed by atoms with Crippen molar-refractivity contribution in [3.8, 4) is 0 Å². The minimum atomic E-state index is -0.253. The van der Waals surface area contributed by atoms with E-state index in [0.717, 1.165) is 0 Å². The normalized spacial score (nSPS) is 6.80. The molecule has 0 heterocycles. The Balaban J connectivity index is 2.19. The molecule has 1 heteroatoms. The van der Waals surface area contributed by atoms with E-state index in [2.05, 4.69) is 13.8 Å². The second-order valence-electron chi connectivity index (χ2n) is 1.21. The molecule has 0 nitrogen and oxygen atoms in total. The van der Waals surface area contributed by atoms with E-state index in [1.165, 1.54) is 7.86 Å². The van der Waals surface area contributed by atoms with Crippen molar-refractivity contribution in [1.29, 1.82) is 0 Å². The molecule has 27 valence electrons. The summed E-state index contributed by atoms with van der Waals surface area (Å²) < 4.78 is 2.82. The molecule has 0 N–H and O–H groups in total. The van der Waals surface area contributed by atoms with Crippen LogP contribution in [-0.4, -0.2) is 0 Å². The second kappa shape index (κ2) is 4.94. The fourth-order valence-electron chi connectivity index (χ4n) is 0.250. The number of hydrogen-bond donors (Lipinski definition) is 0. The van der Waals surface area contributed by atoms with Crippen LogP contribution < -0.4 is 0 Å². The summed E-state index contributed by atoms with van der Waals surface area (Å²) in [6.45, 7) is 6.04. The van der Waals surface area contributed by atoms with E-state index in [1.54, 1.807) is 0 Å². The summed E-state index contributed by atoms with van der Waals surface area (Å²) in [4.78, 5) is 0. The van der Waals surface area contributed by atoms with E-state index in [1.807, 2.05) is 0 Å². The van der Waals surface area contributed by atoms with Crippen LogP contribution in [0.25, 0.3) is 0 Å². The fourth-order valence-corrected chi connectivity index (χ4v) is 2.19. The van der Waals surface area contributed by atoms with Crippen LogP contribution in [0.4, 0.5) is 0 Å². The van der Waals surface area contributed by atoms with Crippen molar-refractivity contribution >= 4 is 0 Å². The first-order valence-electron chi connectivity index (χ1n) is 2.21. The molecule has 0 saturated carbocycles. The van der Waals surface area contributed by atoms with Crippen molar-refractivity contribution in [3.05, 3.63) is 6.92 Å². The van der Waals surface area contributed by atoms with E-state index < -0.39 is 0 Å². The average molecular weight is 258 g/mol. The van der Waals surface area contributed by atoms with Crippen molar-refractivity contribution in [2.45, 2.75) is 14.8 Å². The molecule has 0 aliphatic heterocycles. The number of rotatable bonds is 2. The SMILES string of the molecule is [CH2][CH2][Hg][CH2]C. The summed E-state index contributed by atoms with van der Waals surface area (Å²) in [5.41, 5.74) is 0. The van der Waals surface area contributed by atoms with Gasteiger partial charge in [-0.25, -0.2) is 0 Å². The predicted molar refractivity (Wildman–Crippen MR) is 20.6 cm³/mol. The van der Waals surface area contributed by atoms with Crippen molar-refractivity contribution in [2.75, 3.05) is 0 Å². The van der Waals surface area contributed by atoms with Gasteiger partial charge in [-0.15, -0.1) is 0 Å². The van der Waals surface area contributed by atoms with Gasteiger partial charge in [-0.2, -0.15) is 0 Å². The van der Waals surface area contributed by atoms with Crippen molar-refractivity contribution in [3.63, 3.8) is 0 Å². The molecule has 0 saturated heterocycles. The van der Waals surface area contributed by atoms with Crippen molar-refractivity contribution in [2.24, 2.45) is 0 Å². The van der Waals surface area contributed by atoms with Crippen molar-refractivity contribution < 1.29 is 24.6 Å². The summed E-state index contributed by atoms with van der Waals surface area (Å²) in [7, 11) is 0. The zero-order chi connectivity index (χ0) is 4.12. The monoisotopic (exact) mass is 259 g/mol. The third-order valence-corrected chi connectivity index (χ3v) is 5.30. The molecule has 0 unspecified atom stereocenters. The average Bonchev–Trinajstić information content (AvgIpc) is 1.41. The van der Waals surface area contributed by atoms with Crippen LogP contribution in [0, 0.1) is 6.92 Å². The minimum absolute atomic E-state index is 0.253. The molecule has 0 aromatic rings.